The van der Waals surface area contributed by atoms with E-state index in [2.05, 4.69) is 0 Å². The van der Waals surface area contributed by atoms with E-state index in [0.29, 0.717) is 13.0 Å². The van der Waals surface area contributed by atoms with Gasteiger partial charge in [-0.05, 0) is 24.7 Å². The van der Waals surface area contributed by atoms with Crippen LogP contribution in [0.1, 0.15) is 12.0 Å². The molecule has 0 unspecified atom stereocenters. The Kier molecular flexibility index (Phi) is 4.59. The van der Waals surface area contributed by atoms with Gasteiger partial charge in [0.25, 0.3) is 0 Å². The van der Waals surface area contributed by atoms with Gasteiger partial charge >= 0.3 is 0 Å². The molecule has 3 nitrogen and oxygen atoms in total. The first kappa shape index (κ1) is 12.0. The predicted molar refractivity (Wildman–Crippen MR) is 61.6 cm³/mol. The van der Waals surface area contributed by atoms with Crippen LogP contribution in [0.15, 0.2) is 24.3 Å². The van der Waals surface area contributed by atoms with E-state index < -0.39 is 0 Å². The van der Waals surface area contributed by atoms with Crippen LogP contribution in [0, 0.1) is 0 Å². The smallest absolute Gasteiger partial charge is 0.218 e. The largest absolute Gasteiger partial charge is 0.370 e. The summed E-state index contributed by atoms with van der Waals surface area (Å²) in [4.78, 5) is 12.6. The average molecular weight is 227 g/mol. The van der Waals surface area contributed by atoms with Crippen molar-refractivity contribution in [2.24, 2.45) is 5.73 Å². The molecule has 1 rings (SSSR count). The zero-order chi connectivity index (χ0) is 11.3. The normalized spacial score (nSPS) is 10.6. The van der Waals surface area contributed by atoms with E-state index in [9.17, 15) is 4.79 Å². The van der Waals surface area contributed by atoms with E-state index >= 15 is 0 Å². The van der Waals surface area contributed by atoms with Crippen LogP contribution in [0.3, 0.4) is 0 Å². The van der Waals surface area contributed by atoms with Crippen molar-refractivity contribution in [1.29, 1.82) is 0 Å². The number of primary amides is 1. The van der Waals surface area contributed by atoms with E-state index in [0.717, 1.165) is 17.1 Å². The lowest BCUT2D eigenvalue weighted by Gasteiger charge is -2.15. The fourth-order valence-corrected chi connectivity index (χ4v) is 1.54. The van der Waals surface area contributed by atoms with E-state index in [1.54, 1.807) is 0 Å². The molecule has 0 aliphatic carbocycles. The van der Waals surface area contributed by atoms with Crippen LogP contribution in [0.5, 0.6) is 0 Å². The number of amides is 1. The third-order valence-corrected chi connectivity index (χ3v) is 2.32. The first-order chi connectivity index (χ1) is 7.08. The maximum absolute atomic E-state index is 10.6. The molecule has 2 N–H and O–H groups in total. The van der Waals surface area contributed by atoms with Crippen molar-refractivity contribution in [3.63, 3.8) is 0 Å². The van der Waals surface area contributed by atoms with Crippen LogP contribution in [-0.2, 0) is 11.3 Å². The molecule has 15 heavy (non-hydrogen) atoms. The molecule has 82 valence electrons. The summed E-state index contributed by atoms with van der Waals surface area (Å²) < 4.78 is 0. The van der Waals surface area contributed by atoms with Gasteiger partial charge in [-0.25, -0.2) is 0 Å². The lowest BCUT2D eigenvalue weighted by atomic mass is 10.2. The number of rotatable bonds is 5. The standard InChI is InChI=1S/C11H15ClN2O/c1-14(6-5-11(13)15)8-9-3-2-4-10(12)7-9/h2-4,7H,5-6,8H2,1H3,(H2,13,15). The highest BCUT2D eigenvalue weighted by molar-refractivity contribution is 6.30. The molecule has 0 heterocycles. The molecule has 0 spiro atoms. The van der Waals surface area contributed by atoms with Gasteiger partial charge in [0.15, 0.2) is 0 Å². The molecule has 0 aliphatic heterocycles. The highest BCUT2D eigenvalue weighted by Gasteiger charge is 2.02. The third-order valence-electron chi connectivity index (χ3n) is 2.08. The number of nitrogens with two attached hydrogens (primary N) is 1. The molecule has 0 saturated heterocycles. The molecule has 4 heteroatoms. The lowest BCUT2D eigenvalue weighted by Crippen LogP contribution is -2.24. The second kappa shape index (κ2) is 5.73. The number of hydrogen-bond donors (Lipinski definition) is 1. The summed E-state index contributed by atoms with van der Waals surface area (Å²) >= 11 is 5.86. The summed E-state index contributed by atoms with van der Waals surface area (Å²) in [6.45, 7) is 1.44. The number of benzene rings is 1. The van der Waals surface area contributed by atoms with Crippen LogP contribution in [0.4, 0.5) is 0 Å². The van der Waals surface area contributed by atoms with Gasteiger partial charge in [-0.3, -0.25) is 4.79 Å². The van der Waals surface area contributed by atoms with Crippen molar-refractivity contribution in [3.05, 3.63) is 34.9 Å². The van der Waals surface area contributed by atoms with Gasteiger partial charge in [-0.2, -0.15) is 0 Å². The van der Waals surface area contributed by atoms with Crippen molar-refractivity contribution in [1.82, 2.24) is 4.90 Å². The number of hydrogen-bond acceptors (Lipinski definition) is 2. The summed E-state index contributed by atoms with van der Waals surface area (Å²) in [5.41, 5.74) is 6.21. The Morgan fingerprint density at radius 3 is 2.87 bits per heavy atom. The van der Waals surface area contributed by atoms with Crippen LogP contribution >= 0.6 is 11.6 Å². The Morgan fingerprint density at radius 2 is 2.27 bits per heavy atom. The molecule has 0 bridgehead atoms. The van der Waals surface area contributed by atoms with E-state index in [-0.39, 0.29) is 5.91 Å². The first-order valence-electron chi connectivity index (χ1n) is 4.79. The van der Waals surface area contributed by atoms with Crippen LogP contribution in [-0.4, -0.2) is 24.4 Å². The summed E-state index contributed by atoms with van der Waals surface area (Å²) in [5, 5.41) is 0.732. The van der Waals surface area contributed by atoms with Crippen molar-refractivity contribution < 1.29 is 4.79 Å². The fraction of sp³-hybridized carbons (Fsp3) is 0.364. The molecule has 1 aromatic carbocycles. The Bertz CT molecular complexity index is 341. The molecule has 1 aromatic rings. The van der Waals surface area contributed by atoms with Crippen LogP contribution in [0.2, 0.25) is 5.02 Å². The Hall–Kier alpha value is -1.06. The molecular weight excluding hydrogens is 212 g/mol. The Balaban J connectivity index is 2.44. The van der Waals surface area contributed by atoms with Crippen molar-refractivity contribution in [2.75, 3.05) is 13.6 Å². The second-order valence-electron chi connectivity index (χ2n) is 3.58. The lowest BCUT2D eigenvalue weighted by molar-refractivity contribution is -0.118. The maximum Gasteiger partial charge on any atom is 0.218 e. The zero-order valence-electron chi connectivity index (χ0n) is 8.74. The average Bonchev–Trinajstić information content (AvgIpc) is 2.15. The van der Waals surface area contributed by atoms with Gasteiger partial charge in [0.1, 0.15) is 0 Å². The third kappa shape index (κ3) is 4.81. The Labute approximate surface area is 94.8 Å². The summed E-state index contributed by atoms with van der Waals surface area (Å²) in [6, 6.07) is 7.68. The van der Waals surface area contributed by atoms with Crippen molar-refractivity contribution in [3.8, 4) is 0 Å². The number of halogens is 1. The maximum atomic E-state index is 10.6. The van der Waals surface area contributed by atoms with E-state index in [1.807, 2.05) is 36.2 Å². The number of carbonyl (C=O) groups is 1. The molecule has 1 amide bonds. The monoisotopic (exact) mass is 226 g/mol. The first-order valence-corrected chi connectivity index (χ1v) is 5.17. The highest BCUT2D eigenvalue weighted by atomic mass is 35.5. The van der Waals surface area contributed by atoms with Crippen LogP contribution < -0.4 is 5.73 Å². The van der Waals surface area contributed by atoms with E-state index in [4.69, 9.17) is 17.3 Å². The molecular formula is C11H15ClN2O. The minimum atomic E-state index is -0.270. The van der Waals surface area contributed by atoms with Gasteiger partial charge in [0.05, 0.1) is 0 Å². The van der Waals surface area contributed by atoms with Gasteiger partial charge in [-0.1, -0.05) is 23.7 Å². The molecule has 0 aliphatic rings. The summed E-state index contributed by atoms with van der Waals surface area (Å²) in [5.74, 6) is -0.270. The molecule has 0 aromatic heterocycles. The Morgan fingerprint density at radius 1 is 1.53 bits per heavy atom. The topological polar surface area (TPSA) is 46.3 Å². The summed E-state index contributed by atoms with van der Waals surface area (Å²) in [6.07, 6.45) is 0.386. The fourth-order valence-electron chi connectivity index (χ4n) is 1.33. The van der Waals surface area contributed by atoms with Gasteiger partial charge in [0.2, 0.25) is 5.91 Å². The number of carbonyl (C=O) groups excluding carboxylic acids is 1. The minimum Gasteiger partial charge on any atom is -0.370 e. The quantitative estimate of drug-likeness (QED) is 0.830. The highest BCUT2D eigenvalue weighted by Crippen LogP contribution is 2.11. The van der Waals surface area contributed by atoms with Gasteiger partial charge in [-0.15, -0.1) is 0 Å². The van der Waals surface area contributed by atoms with Gasteiger partial charge < -0.3 is 10.6 Å². The minimum absolute atomic E-state index is 0.270. The zero-order valence-corrected chi connectivity index (χ0v) is 9.50. The van der Waals surface area contributed by atoms with E-state index in [1.165, 1.54) is 0 Å². The second-order valence-corrected chi connectivity index (χ2v) is 4.02. The molecule has 0 radical (unpaired) electrons. The predicted octanol–water partition coefficient (Wildman–Crippen LogP) is 1.65. The number of nitrogens with zero attached hydrogens (tertiary/aromatic N) is 1. The SMILES string of the molecule is CN(CCC(N)=O)Cc1cccc(Cl)c1. The van der Waals surface area contributed by atoms with Crippen molar-refractivity contribution in [2.45, 2.75) is 13.0 Å². The van der Waals surface area contributed by atoms with Crippen LogP contribution in [0.25, 0.3) is 0 Å². The summed E-state index contributed by atoms with van der Waals surface area (Å²) in [7, 11) is 1.95. The molecule has 0 fully saturated rings. The van der Waals surface area contributed by atoms with Crippen molar-refractivity contribution >= 4 is 17.5 Å². The molecule has 0 atom stereocenters. The molecule has 0 saturated carbocycles. The van der Waals surface area contributed by atoms with Gasteiger partial charge in [0, 0.05) is 24.5 Å².